The van der Waals surface area contributed by atoms with Gasteiger partial charge in [-0.05, 0) is 12.8 Å². The van der Waals surface area contributed by atoms with Crippen molar-refractivity contribution in [1.29, 1.82) is 0 Å². The van der Waals surface area contributed by atoms with Crippen LogP contribution in [0.5, 0.6) is 0 Å². The minimum Gasteiger partial charge on any atom is -0.330 e. The molecule has 1 heterocycles. The fraction of sp³-hybridized carbons (Fsp3) is 0.727. The van der Waals surface area contributed by atoms with Crippen LogP contribution >= 0.6 is 0 Å². The van der Waals surface area contributed by atoms with Crippen LogP contribution in [0.2, 0.25) is 0 Å². The van der Waals surface area contributed by atoms with Gasteiger partial charge in [-0.2, -0.15) is 0 Å². The summed E-state index contributed by atoms with van der Waals surface area (Å²) in [5.41, 5.74) is 0. The molecule has 0 aromatic carbocycles. The SMILES string of the molecule is CS(=O)(=O)NCCCCCC(=O)ON1C(=O)CCC1=O. The first-order valence-electron chi connectivity index (χ1n) is 6.31. The number of hydrogen-bond donors (Lipinski definition) is 1. The normalized spacial score (nSPS) is 15.8. The third kappa shape index (κ3) is 6.11. The van der Waals surface area contributed by atoms with E-state index in [1.54, 1.807) is 0 Å². The van der Waals surface area contributed by atoms with Crippen LogP contribution in [0.1, 0.15) is 38.5 Å². The van der Waals surface area contributed by atoms with Crippen molar-refractivity contribution in [1.82, 2.24) is 9.79 Å². The molecule has 0 bridgehead atoms. The molecule has 0 spiro atoms. The molecule has 2 amide bonds. The van der Waals surface area contributed by atoms with E-state index in [-0.39, 0.29) is 19.3 Å². The average Bonchev–Trinajstić information content (AvgIpc) is 2.64. The van der Waals surface area contributed by atoms with Crippen LogP contribution in [0.25, 0.3) is 0 Å². The Bertz CT molecular complexity index is 471. The first kappa shape index (κ1) is 16.6. The van der Waals surface area contributed by atoms with Gasteiger partial charge < -0.3 is 4.84 Å². The van der Waals surface area contributed by atoms with Crippen LogP contribution < -0.4 is 4.72 Å². The number of hydrogen-bond acceptors (Lipinski definition) is 6. The van der Waals surface area contributed by atoms with E-state index in [1.807, 2.05) is 0 Å². The molecule has 0 aromatic heterocycles. The summed E-state index contributed by atoms with van der Waals surface area (Å²) in [7, 11) is -3.18. The molecule has 0 unspecified atom stereocenters. The van der Waals surface area contributed by atoms with Gasteiger partial charge in [0, 0.05) is 25.8 Å². The molecule has 8 nitrogen and oxygen atoms in total. The van der Waals surface area contributed by atoms with Crippen LogP contribution in [0.15, 0.2) is 0 Å². The Morgan fingerprint density at radius 3 is 2.35 bits per heavy atom. The highest BCUT2D eigenvalue weighted by Crippen LogP contribution is 2.13. The van der Waals surface area contributed by atoms with Crippen molar-refractivity contribution in [2.45, 2.75) is 38.5 Å². The van der Waals surface area contributed by atoms with Gasteiger partial charge in [-0.15, -0.1) is 5.06 Å². The second kappa shape index (κ2) is 7.34. The highest BCUT2D eigenvalue weighted by atomic mass is 32.2. The summed E-state index contributed by atoms with van der Waals surface area (Å²) in [5, 5.41) is 0.521. The van der Waals surface area contributed by atoms with Gasteiger partial charge in [0.05, 0.1) is 6.26 Å². The number of rotatable bonds is 8. The fourth-order valence-electron chi connectivity index (χ4n) is 1.63. The lowest BCUT2D eigenvalue weighted by Crippen LogP contribution is -2.31. The minimum atomic E-state index is -3.18. The number of nitrogens with one attached hydrogen (secondary N) is 1. The van der Waals surface area contributed by atoms with Gasteiger partial charge in [-0.25, -0.2) is 17.9 Å². The molecule has 9 heteroatoms. The maximum absolute atomic E-state index is 11.4. The third-order valence-electron chi connectivity index (χ3n) is 2.62. The average molecular weight is 306 g/mol. The quantitative estimate of drug-likeness (QED) is 0.487. The summed E-state index contributed by atoms with van der Waals surface area (Å²) < 4.78 is 23.9. The van der Waals surface area contributed by atoms with E-state index in [2.05, 4.69) is 9.56 Å². The Hall–Kier alpha value is -1.48. The molecule has 0 radical (unpaired) electrons. The molecular formula is C11H18N2O6S. The van der Waals surface area contributed by atoms with Gasteiger partial charge in [0.2, 0.25) is 10.0 Å². The molecule has 0 saturated carbocycles. The summed E-state index contributed by atoms with van der Waals surface area (Å²) in [4.78, 5) is 38.5. The lowest BCUT2D eigenvalue weighted by Gasteiger charge is -2.12. The van der Waals surface area contributed by atoms with E-state index in [0.29, 0.717) is 30.9 Å². The Morgan fingerprint density at radius 2 is 1.80 bits per heavy atom. The predicted molar refractivity (Wildman–Crippen MR) is 68.5 cm³/mol. The maximum atomic E-state index is 11.4. The van der Waals surface area contributed by atoms with Gasteiger partial charge in [0.1, 0.15) is 0 Å². The van der Waals surface area contributed by atoms with Crippen LogP contribution in [0.4, 0.5) is 0 Å². The summed E-state index contributed by atoms with van der Waals surface area (Å²) in [6.07, 6.45) is 3.04. The van der Waals surface area contributed by atoms with Crippen molar-refractivity contribution < 1.29 is 27.6 Å². The van der Waals surface area contributed by atoms with Gasteiger partial charge in [0.15, 0.2) is 0 Å². The summed E-state index contributed by atoms with van der Waals surface area (Å²) in [5.74, 6) is -1.63. The Balaban J connectivity index is 2.12. The van der Waals surface area contributed by atoms with Crippen molar-refractivity contribution in [2.24, 2.45) is 0 Å². The number of carbonyl (C=O) groups is 3. The number of sulfonamides is 1. The first-order chi connectivity index (χ1) is 9.29. The van der Waals surface area contributed by atoms with Crippen molar-refractivity contribution >= 4 is 27.8 Å². The Morgan fingerprint density at radius 1 is 1.20 bits per heavy atom. The summed E-state index contributed by atoms with van der Waals surface area (Å²) in [6, 6.07) is 0. The molecule has 20 heavy (non-hydrogen) atoms. The smallest absolute Gasteiger partial charge is 0.330 e. The van der Waals surface area contributed by atoms with E-state index in [0.717, 1.165) is 6.26 Å². The third-order valence-corrected chi connectivity index (χ3v) is 3.35. The second-order valence-electron chi connectivity index (χ2n) is 4.52. The Kier molecular flexibility index (Phi) is 6.08. The summed E-state index contributed by atoms with van der Waals surface area (Å²) in [6.45, 7) is 0.316. The number of imide groups is 1. The van der Waals surface area contributed by atoms with E-state index >= 15 is 0 Å². The monoisotopic (exact) mass is 306 g/mol. The first-order valence-corrected chi connectivity index (χ1v) is 8.20. The van der Waals surface area contributed by atoms with Crippen molar-refractivity contribution in [3.63, 3.8) is 0 Å². The zero-order chi connectivity index (χ0) is 15.2. The number of nitrogens with zero attached hydrogens (tertiary/aromatic N) is 1. The molecule has 1 aliphatic rings. The predicted octanol–water partition coefficient (Wildman–Crippen LogP) is -0.297. The number of hydroxylamine groups is 2. The zero-order valence-electron chi connectivity index (χ0n) is 11.3. The molecule has 1 N–H and O–H groups in total. The summed E-state index contributed by atoms with van der Waals surface area (Å²) >= 11 is 0. The molecule has 0 atom stereocenters. The van der Waals surface area contributed by atoms with Gasteiger partial charge >= 0.3 is 5.97 Å². The lowest BCUT2D eigenvalue weighted by atomic mass is 10.2. The number of unbranched alkanes of at least 4 members (excludes halogenated alkanes) is 2. The zero-order valence-corrected chi connectivity index (χ0v) is 12.1. The van der Waals surface area contributed by atoms with Gasteiger partial charge in [-0.1, -0.05) is 6.42 Å². The van der Waals surface area contributed by atoms with Crippen molar-refractivity contribution in [3.8, 4) is 0 Å². The molecule has 0 aliphatic carbocycles. The topological polar surface area (TPSA) is 110 Å². The van der Waals surface area contributed by atoms with Crippen LogP contribution in [0, 0.1) is 0 Å². The highest BCUT2D eigenvalue weighted by Gasteiger charge is 2.32. The van der Waals surface area contributed by atoms with Crippen molar-refractivity contribution in [2.75, 3.05) is 12.8 Å². The number of carbonyl (C=O) groups excluding carboxylic acids is 3. The lowest BCUT2D eigenvalue weighted by molar-refractivity contribution is -0.197. The molecule has 1 fully saturated rings. The van der Waals surface area contributed by atoms with Gasteiger partial charge in [-0.3, -0.25) is 9.59 Å². The standard InChI is InChI=1S/C11H18N2O6S/c1-20(17,18)12-8-4-2-3-5-11(16)19-13-9(14)6-7-10(13)15/h12H,2-8H2,1H3. The maximum Gasteiger partial charge on any atom is 0.333 e. The van der Waals surface area contributed by atoms with E-state index in [4.69, 9.17) is 0 Å². The van der Waals surface area contributed by atoms with Crippen LogP contribution in [-0.4, -0.2) is 44.1 Å². The fourth-order valence-corrected chi connectivity index (χ4v) is 2.15. The van der Waals surface area contributed by atoms with Crippen LogP contribution in [0.3, 0.4) is 0 Å². The molecule has 0 aromatic rings. The second-order valence-corrected chi connectivity index (χ2v) is 6.36. The molecule has 1 saturated heterocycles. The van der Waals surface area contributed by atoms with E-state index in [9.17, 15) is 22.8 Å². The van der Waals surface area contributed by atoms with E-state index in [1.165, 1.54) is 0 Å². The van der Waals surface area contributed by atoms with Crippen molar-refractivity contribution in [3.05, 3.63) is 0 Å². The van der Waals surface area contributed by atoms with Gasteiger partial charge in [0.25, 0.3) is 11.8 Å². The minimum absolute atomic E-state index is 0.0727. The molecular weight excluding hydrogens is 288 g/mol. The number of amides is 2. The highest BCUT2D eigenvalue weighted by molar-refractivity contribution is 7.88. The molecule has 1 aliphatic heterocycles. The van der Waals surface area contributed by atoms with E-state index < -0.39 is 27.8 Å². The molecule has 114 valence electrons. The largest absolute Gasteiger partial charge is 0.333 e. The van der Waals surface area contributed by atoms with Crippen LogP contribution in [-0.2, 0) is 29.2 Å². The molecule has 1 rings (SSSR count). The Labute approximate surface area is 117 Å².